The maximum Gasteiger partial charge on any atom is 0.139 e. The molecule has 3 N–H and O–H groups in total. The Bertz CT molecular complexity index is 858. The van der Waals surface area contributed by atoms with E-state index in [1.165, 1.54) is 6.07 Å². The van der Waals surface area contributed by atoms with E-state index in [0.29, 0.717) is 36.0 Å². The van der Waals surface area contributed by atoms with Crippen LogP contribution in [0.2, 0.25) is 0 Å². The summed E-state index contributed by atoms with van der Waals surface area (Å²) in [6, 6.07) is 10.1. The predicted molar refractivity (Wildman–Crippen MR) is 111 cm³/mol. The van der Waals surface area contributed by atoms with Crippen LogP contribution in [0, 0.1) is 11.8 Å². The minimum absolute atomic E-state index is 0.0275. The first-order chi connectivity index (χ1) is 13.0. The Labute approximate surface area is 167 Å². The number of phenols is 3. The quantitative estimate of drug-likeness (QED) is 0.606. The molecule has 2 aromatic rings. The molecule has 2 unspecified atom stereocenters. The van der Waals surface area contributed by atoms with Crippen molar-refractivity contribution in [2.24, 2.45) is 11.8 Å². The molecule has 0 bridgehead atoms. The van der Waals surface area contributed by atoms with Gasteiger partial charge in [-0.1, -0.05) is 40.7 Å². The zero-order chi connectivity index (χ0) is 20.7. The molecule has 152 valence electrons. The molecule has 0 fully saturated rings. The van der Waals surface area contributed by atoms with Gasteiger partial charge < -0.3 is 20.1 Å². The number of aromatic hydroxyl groups is 3. The summed E-state index contributed by atoms with van der Waals surface area (Å²) >= 11 is 0. The topological polar surface area (TPSA) is 69.9 Å². The predicted octanol–water partition coefficient (Wildman–Crippen LogP) is 5.83. The van der Waals surface area contributed by atoms with Crippen LogP contribution in [0.3, 0.4) is 0 Å². The number of ether oxygens (including phenoxy) is 1. The summed E-state index contributed by atoms with van der Waals surface area (Å²) in [6.45, 7) is 10.9. The lowest BCUT2D eigenvalue weighted by Crippen LogP contribution is -2.46. The molecule has 0 amide bonds. The van der Waals surface area contributed by atoms with E-state index in [9.17, 15) is 15.3 Å². The van der Waals surface area contributed by atoms with E-state index in [4.69, 9.17) is 4.74 Å². The molecule has 28 heavy (non-hydrogen) atoms. The number of phenolic OH excluding ortho intramolecular Hbond substituents is 3. The monoisotopic (exact) mass is 384 g/mol. The molecule has 3 rings (SSSR count). The van der Waals surface area contributed by atoms with Crippen molar-refractivity contribution < 1.29 is 20.1 Å². The summed E-state index contributed by atoms with van der Waals surface area (Å²) in [6.07, 6.45) is 2.40. The number of benzene rings is 2. The molecule has 0 aliphatic carbocycles. The van der Waals surface area contributed by atoms with Gasteiger partial charge in [0.15, 0.2) is 0 Å². The lowest BCUT2D eigenvalue weighted by molar-refractivity contribution is -0.0132. The zero-order valence-electron chi connectivity index (χ0n) is 17.5. The molecule has 1 aliphatic rings. The van der Waals surface area contributed by atoms with Crippen molar-refractivity contribution >= 4 is 0 Å². The third kappa shape index (κ3) is 3.78. The normalized spacial score (nSPS) is 24.2. The summed E-state index contributed by atoms with van der Waals surface area (Å²) in [5, 5.41) is 30.6. The van der Waals surface area contributed by atoms with Gasteiger partial charge in [-0.15, -0.1) is 0 Å². The van der Waals surface area contributed by atoms with Gasteiger partial charge in [0, 0.05) is 35.1 Å². The standard InChI is InChI=1S/C24H32O4/c1-15(2)12-23(5)14-24(13-16(3)4,19-8-6-17(25)10-21(19)27)28-22-11-18(26)7-9-20(22)23/h6-11,15-16,25-27H,12-14H2,1-5H3. The van der Waals surface area contributed by atoms with Gasteiger partial charge in [-0.3, -0.25) is 0 Å². The van der Waals surface area contributed by atoms with Crippen LogP contribution in [0.5, 0.6) is 23.0 Å². The van der Waals surface area contributed by atoms with E-state index in [0.717, 1.165) is 12.0 Å². The summed E-state index contributed by atoms with van der Waals surface area (Å²) in [5.74, 6) is 1.71. The van der Waals surface area contributed by atoms with Crippen molar-refractivity contribution in [1.82, 2.24) is 0 Å². The maximum absolute atomic E-state index is 10.7. The molecule has 1 aliphatic heterocycles. The smallest absolute Gasteiger partial charge is 0.139 e. The van der Waals surface area contributed by atoms with Crippen LogP contribution >= 0.6 is 0 Å². The van der Waals surface area contributed by atoms with Crippen LogP contribution in [-0.2, 0) is 11.0 Å². The van der Waals surface area contributed by atoms with Gasteiger partial charge >= 0.3 is 0 Å². The Balaban J connectivity index is 2.23. The highest BCUT2D eigenvalue weighted by atomic mass is 16.5. The fourth-order valence-corrected chi connectivity index (χ4v) is 5.09. The molecule has 4 heteroatoms. The van der Waals surface area contributed by atoms with E-state index in [2.05, 4.69) is 34.6 Å². The Morgan fingerprint density at radius 2 is 1.43 bits per heavy atom. The third-order valence-electron chi connectivity index (χ3n) is 5.67. The van der Waals surface area contributed by atoms with Gasteiger partial charge in [0.05, 0.1) is 0 Å². The van der Waals surface area contributed by atoms with Crippen LogP contribution in [0.1, 0.15) is 65.0 Å². The van der Waals surface area contributed by atoms with Crippen molar-refractivity contribution in [3.05, 3.63) is 47.5 Å². The molecular formula is C24H32O4. The van der Waals surface area contributed by atoms with E-state index in [1.807, 2.05) is 6.07 Å². The van der Waals surface area contributed by atoms with Crippen LogP contribution < -0.4 is 4.74 Å². The molecule has 0 saturated heterocycles. The first kappa shape index (κ1) is 20.4. The van der Waals surface area contributed by atoms with Crippen LogP contribution in [0.15, 0.2) is 36.4 Å². The summed E-state index contributed by atoms with van der Waals surface area (Å²) < 4.78 is 6.59. The number of rotatable bonds is 5. The molecule has 4 nitrogen and oxygen atoms in total. The number of hydrogen-bond acceptors (Lipinski definition) is 4. The maximum atomic E-state index is 10.7. The van der Waals surface area contributed by atoms with E-state index in [-0.39, 0.29) is 22.7 Å². The second kappa shape index (κ2) is 7.23. The molecule has 0 saturated carbocycles. The average Bonchev–Trinajstić information content (AvgIpc) is 2.52. The SMILES string of the molecule is CC(C)CC1(C)CC(CC(C)C)(c2ccc(O)cc2O)Oc2cc(O)ccc21. The van der Waals surface area contributed by atoms with Gasteiger partial charge in [-0.2, -0.15) is 0 Å². The van der Waals surface area contributed by atoms with E-state index >= 15 is 0 Å². The third-order valence-corrected chi connectivity index (χ3v) is 5.67. The number of fused-ring (bicyclic) bond motifs is 1. The zero-order valence-corrected chi connectivity index (χ0v) is 17.5. The van der Waals surface area contributed by atoms with Crippen molar-refractivity contribution in [3.63, 3.8) is 0 Å². The fraction of sp³-hybridized carbons (Fsp3) is 0.500. The molecule has 1 heterocycles. The lowest BCUT2D eigenvalue weighted by atomic mass is 9.64. The summed E-state index contributed by atoms with van der Waals surface area (Å²) in [7, 11) is 0. The second-order valence-corrected chi connectivity index (χ2v) is 9.41. The van der Waals surface area contributed by atoms with Crippen molar-refractivity contribution in [2.45, 2.75) is 64.9 Å². The fourth-order valence-electron chi connectivity index (χ4n) is 5.09. The highest BCUT2D eigenvalue weighted by Gasteiger charge is 2.49. The minimum Gasteiger partial charge on any atom is -0.508 e. The Hall–Kier alpha value is -2.36. The van der Waals surface area contributed by atoms with Crippen LogP contribution in [0.4, 0.5) is 0 Å². The highest BCUT2D eigenvalue weighted by Crippen LogP contribution is 2.55. The lowest BCUT2D eigenvalue weighted by Gasteiger charge is -2.49. The largest absolute Gasteiger partial charge is 0.508 e. The minimum atomic E-state index is -0.740. The molecule has 2 aromatic carbocycles. The van der Waals surface area contributed by atoms with Crippen LogP contribution in [-0.4, -0.2) is 15.3 Å². The van der Waals surface area contributed by atoms with Gasteiger partial charge in [0.2, 0.25) is 0 Å². The molecular weight excluding hydrogens is 352 g/mol. The summed E-state index contributed by atoms with van der Waals surface area (Å²) in [4.78, 5) is 0. The van der Waals surface area contributed by atoms with Crippen molar-refractivity contribution in [2.75, 3.05) is 0 Å². The van der Waals surface area contributed by atoms with Crippen molar-refractivity contribution in [1.29, 1.82) is 0 Å². The van der Waals surface area contributed by atoms with Crippen molar-refractivity contribution in [3.8, 4) is 23.0 Å². The molecule has 0 radical (unpaired) electrons. The molecule has 0 spiro atoms. The van der Waals surface area contributed by atoms with Gasteiger partial charge in [-0.05, 0) is 42.9 Å². The first-order valence-corrected chi connectivity index (χ1v) is 10.1. The summed E-state index contributed by atoms with van der Waals surface area (Å²) in [5.41, 5.74) is 0.866. The molecule has 2 atom stereocenters. The average molecular weight is 385 g/mol. The Morgan fingerprint density at radius 1 is 0.857 bits per heavy atom. The Kier molecular flexibility index (Phi) is 5.26. The van der Waals surface area contributed by atoms with Gasteiger partial charge in [-0.25, -0.2) is 0 Å². The number of hydrogen-bond donors (Lipinski definition) is 3. The van der Waals surface area contributed by atoms with Gasteiger partial charge in [0.25, 0.3) is 0 Å². The van der Waals surface area contributed by atoms with E-state index < -0.39 is 5.60 Å². The highest BCUT2D eigenvalue weighted by molar-refractivity contribution is 5.50. The first-order valence-electron chi connectivity index (χ1n) is 10.1. The second-order valence-electron chi connectivity index (χ2n) is 9.41. The Morgan fingerprint density at radius 3 is 2.00 bits per heavy atom. The van der Waals surface area contributed by atoms with Crippen LogP contribution in [0.25, 0.3) is 0 Å². The van der Waals surface area contributed by atoms with E-state index in [1.54, 1.807) is 24.3 Å². The molecule has 0 aromatic heterocycles. The van der Waals surface area contributed by atoms with Gasteiger partial charge in [0.1, 0.15) is 28.6 Å².